The lowest BCUT2D eigenvalue weighted by atomic mass is 9.87. The maximum Gasteiger partial charge on any atom is 0.157 e. The van der Waals surface area contributed by atoms with Crippen molar-refractivity contribution >= 4 is 11.5 Å². The van der Waals surface area contributed by atoms with Crippen molar-refractivity contribution in [1.82, 2.24) is 19.5 Å². The Kier molecular flexibility index (Phi) is 4.12. The molecule has 2 aliphatic rings. The lowest BCUT2D eigenvalue weighted by molar-refractivity contribution is 0.169. The quantitative estimate of drug-likeness (QED) is 0.703. The van der Waals surface area contributed by atoms with Crippen molar-refractivity contribution in [2.75, 3.05) is 31.1 Å². The fourth-order valence-electron chi connectivity index (χ4n) is 4.73. The van der Waals surface area contributed by atoms with Gasteiger partial charge in [-0.05, 0) is 44.2 Å². The van der Waals surface area contributed by atoms with Crippen LogP contribution in [0.4, 0.5) is 5.82 Å². The van der Waals surface area contributed by atoms with E-state index in [2.05, 4.69) is 63.2 Å². The Balaban J connectivity index is 1.31. The van der Waals surface area contributed by atoms with Crippen molar-refractivity contribution in [2.45, 2.75) is 39.2 Å². The number of hydrogen-bond acceptors (Lipinski definition) is 4. The molecule has 3 heterocycles. The van der Waals surface area contributed by atoms with Crippen LogP contribution in [-0.2, 0) is 12.8 Å². The van der Waals surface area contributed by atoms with Crippen LogP contribution in [0.15, 0.2) is 36.4 Å². The topological polar surface area (TPSA) is 36.7 Å². The highest BCUT2D eigenvalue weighted by atomic mass is 15.4. The molecule has 1 saturated heterocycles. The third-order valence-electron chi connectivity index (χ3n) is 6.13. The number of aromatic nitrogens is 3. The standard InChI is InChI=1S/C22H27N5/c1-16-14-22(27-21(23-16)13-17(2)24-27)26-11-9-25(10-12-26)20-8-7-18-5-3-4-6-19(18)15-20/h3-6,13-14,20H,7-12,15H2,1-2H3. The molecule has 0 radical (unpaired) electrons. The van der Waals surface area contributed by atoms with Crippen LogP contribution in [0.3, 0.4) is 0 Å². The van der Waals surface area contributed by atoms with Crippen LogP contribution in [0.2, 0.25) is 0 Å². The van der Waals surface area contributed by atoms with Crippen LogP contribution in [0.1, 0.15) is 28.9 Å². The third-order valence-corrected chi connectivity index (χ3v) is 6.13. The summed E-state index contributed by atoms with van der Waals surface area (Å²) in [6.45, 7) is 8.45. The van der Waals surface area contributed by atoms with Crippen LogP contribution in [-0.4, -0.2) is 51.7 Å². The minimum Gasteiger partial charge on any atom is -0.354 e. The van der Waals surface area contributed by atoms with E-state index in [0.717, 1.165) is 43.2 Å². The molecule has 1 aliphatic heterocycles. The van der Waals surface area contributed by atoms with E-state index >= 15 is 0 Å². The van der Waals surface area contributed by atoms with Gasteiger partial charge in [-0.15, -0.1) is 0 Å². The van der Waals surface area contributed by atoms with E-state index in [-0.39, 0.29) is 0 Å². The first-order chi connectivity index (χ1) is 13.2. The second-order valence-corrected chi connectivity index (χ2v) is 8.00. The van der Waals surface area contributed by atoms with Gasteiger partial charge in [0.1, 0.15) is 5.82 Å². The summed E-state index contributed by atoms with van der Waals surface area (Å²) in [5.74, 6) is 1.18. The average Bonchev–Trinajstić information content (AvgIpc) is 3.07. The van der Waals surface area contributed by atoms with Crippen LogP contribution in [0.5, 0.6) is 0 Å². The van der Waals surface area contributed by atoms with Crippen molar-refractivity contribution in [3.63, 3.8) is 0 Å². The number of nitrogens with zero attached hydrogens (tertiary/aromatic N) is 5. The number of anilines is 1. The molecule has 2 aromatic heterocycles. The number of hydrogen-bond donors (Lipinski definition) is 0. The number of fused-ring (bicyclic) bond motifs is 2. The van der Waals surface area contributed by atoms with Gasteiger partial charge in [0, 0.05) is 50.0 Å². The van der Waals surface area contributed by atoms with Crippen molar-refractivity contribution in [3.05, 3.63) is 58.9 Å². The van der Waals surface area contributed by atoms with Crippen LogP contribution in [0, 0.1) is 13.8 Å². The molecule has 1 fully saturated rings. The summed E-state index contributed by atoms with van der Waals surface area (Å²) in [5, 5.41) is 4.66. The Morgan fingerprint density at radius 3 is 2.52 bits per heavy atom. The summed E-state index contributed by atoms with van der Waals surface area (Å²) in [7, 11) is 0. The average molecular weight is 361 g/mol. The van der Waals surface area contributed by atoms with Gasteiger partial charge in [-0.2, -0.15) is 9.61 Å². The smallest absolute Gasteiger partial charge is 0.157 e. The largest absolute Gasteiger partial charge is 0.354 e. The fourth-order valence-corrected chi connectivity index (χ4v) is 4.73. The van der Waals surface area contributed by atoms with Gasteiger partial charge in [-0.25, -0.2) is 4.98 Å². The van der Waals surface area contributed by atoms with Gasteiger partial charge in [0.15, 0.2) is 5.65 Å². The summed E-state index contributed by atoms with van der Waals surface area (Å²) in [5.41, 5.74) is 6.14. The molecule has 1 atom stereocenters. The molecule has 0 spiro atoms. The second kappa shape index (κ2) is 6.64. The first kappa shape index (κ1) is 16.8. The number of piperazine rings is 1. The highest BCUT2D eigenvalue weighted by Gasteiger charge is 2.28. The van der Waals surface area contributed by atoms with Gasteiger partial charge in [-0.1, -0.05) is 24.3 Å². The maximum absolute atomic E-state index is 4.66. The maximum atomic E-state index is 4.66. The van der Waals surface area contributed by atoms with Crippen molar-refractivity contribution in [1.29, 1.82) is 0 Å². The molecule has 0 bridgehead atoms. The normalized spacial score (nSPS) is 20.8. The monoisotopic (exact) mass is 361 g/mol. The Morgan fingerprint density at radius 2 is 1.70 bits per heavy atom. The van der Waals surface area contributed by atoms with Crippen LogP contribution >= 0.6 is 0 Å². The molecule has 1 unspecified atom stereocenters. The van der Waals surface area contributed by atoms with Gasteiger partial charge in [-0.3, -0.25) is 4.90 Å². The third kappa shape index (κ3) is 3.10. The molecule has 5 nitrogen and oxygen atoms in total. The van der Waals surface area contributed by atoms with Gasteiger partial charge in [0.25, 0.3) is 0 Å². The Bertz CT molecular complexity index is 968. The van der Waals surface area contributed by atoms with E-state index in [1.165, 1.54) is 25.1 Å². The fraction of sp³-hybridized carbons (Fsp3) is 0.455. The van der Waals surface area contributed by atoms with Crippen molar-refractivity contribution in [3.8, 4) is 0 Å². The first-order valence-corrected chi connectivity index (χ1v) is 10.1. The minimum atomic E-state index is 0.688. The molecule has 140 valence electrons. The molecule has 5 heteroatoms. The molecule has 0 saturated carbocycles. The van der Waals surface area contributed by atoms with E-state index in [9.17, 15) is 0 Å². The van der Waals surface area contributed by atoms with E-state index in [1.54, 1.807) is 11.1 Å². The molecule has 3 aromatic rings. The minimum absolute atomic E-state index is 0.688. The predicted octanol–water partition coefficient (Wildman–Crippen LogP) is 3.03. The molecule has 1 aliphatic carbocycles. The highest BCUT2D eigenvalue weighted by Crippen LogP contribution is 2.26. The zero-order chi connectivity index (χ0) is 18.4. The molecular weight excluding hydrogens is 334 g/mol. The number of aryl methyl sites for hydroxylation is 3. The molecule has 0 N–H and O–H groups in total. The van der Waals surface area contributed by atoms with Crippen molar-refractivity contribution < 1.29 is 0 Å². The lowest BCUT2D eigenvalue weighted by Crippen LogP contribution is -2.52. The summed E-state index contributed by atoms with van der Waals surface area (Å²) in [4.78, 5) is 9.80. The first-order valence-electron chi connectivity index (χ1n) is 10.1. The zero-order valence-corrected chi connectivity index (χ0v) is 16.2. The van der Waals surface area contributed by atoms with Gasteiger partial charge >= 0.3 is 0 Å². The van der Waals surface area contributed by atoms with Gasteiger partial charge in [0.2, 0.25) is 0 Å². The molecule has 27 heavy (non-hydrogen) atoms. The second-order valence-electron chi connectivity index (χ2n) is 8.00. The summed E-state index contributed by atoms with van der Waals surface area (Å²) in [6, 6.07) is 13.9. The van der Waals surface area contributed by atoms with Gasteiger partial charge in [0.05, 0.1) is 5.69 Å². The summed E-state index contributed by atoms with van der Waals surface area (Å²) < 4.78 is 2.01. The molecule has 0 amide bonds. The molecular formula is C22H27N5. The number of benzene rings is 1. The summed E-state index contributed by atoms with van der Waals surface area (Å²) >= 11 is 0. The Morgan fingerprint density at radius 1 is 0.926 bits per heavy atom. The van der Waals surface area contributed by atoms with Crippen LogP contribution in [0.25, 0.3) is 5.65 Å². The van der Waals surface area contributed by atoms with Gasteiger partial charge < -0.3 is 4.90 Å². The van der Waals surface area contributed by atoms with E-state index < -0.39 is 0 Å². The summed E-state index contributed by atoms with van der Waals surface area (Å²) in [6.07, 6.45) is 3.71. The van der Waals surface area contributed by atoms with E-state index in [0.29, 0.717) is 6.04 Å². The Hall–Kier alpha value is -2.40. The molecule has 5 rings (SSSR count). The van der Waals surface area contributed by atoms with Crippen molar-refractivity contribution in [2.24, 2.45) is 0 Å². The zero-order valence-electron chi connectivity index (χ0n) is 16.2. The SMILES string of the molecule is Cc1cc(N2CCN(C3CCc4ccccc4C3)CC2)n2nc(C)cc2n1. The predicted molar refractivity (Wildman–Crippen MR) is 109 cm³/mol. The van der Waals surface area contributed by atoms with Crippen LogP contribution < -0.4 is 4.90 Å². The molecule has 1 aromatic carbocycles. The highest BCUT2D eigenvalue weighted by molar-refractivity contribution is 5.52. The van der Waals surface area contributed by atoms with E-state index in [1.807, 2.05) is 11.4 Å². The van der Waals surface area contributed by atoms with E-state index in [4.69, 9.17) is 0 Å². The number of rotatable bonds is 2. The lowest BCUT2D eigenvalue weighted by Gasteiger charge is -2.41. The Labute approximate surface area is 160 Å².